The van der Waals surface area contributed by atoms with Gasteiger partial charge in [-0.05, 0) is 25.8 Å². The first-order valence-corrected chi connectivity index (χ1v) is 9.87. The first-order chi connectivity index (χ1) is 14.5. The molecule has 1 saturated heterocycles. The SMILES string of the molecule is CC#CCn1c(N2CCC[C@@H](N)C2)nc2c1c(=O)n(Cc1ncccn1)c(=O)n2C. The van der Waals surface area contributed by atoms with Gasteiger partial charge in [-0.25, -0.2) is 14.8 Å². The van der Waals surface area contributed by atoms with Gasteiger partial charge >= 0.3 is 5.69 Å². The zero-order chi connectivity index (χ0) is 21.3. The van der Waals surface area contributed by atoms with E-state index in [2.05, 4.69) is 31.7 Å². The molecule has 2 N–H and O–H groups in total. The monoisotopic (exact) mass is 408 g/mol. The molecule has 1 aliphatic rings. The van der Waals surface area contributed by atoms with Gasteiger partial charge in [0.2, 0.25) is 5.95 Å². The minimum absolute atomic E-state index is 0.0170. The molecule has 3 aromatic heterocycles. The Kier molecular flexibility index (Phi) is 5.37. The molecule has 0 aromatic carbocycles. The average molecular weight is 408 g/mol. The summed E-state index contributed by atoms with van der Waals surface area (Å²) in [7, 11) is 1.61. The molecule has 1 fully saturated rings. The van der Waals surface area contributed by atoms with Gasteiger partial charge in [-0.15, -0.1) is 5.92 Å². The minimum Gasteiger partial charge on any atom is -0.341 e. The first kappa shape index (κ1) is 19.8. The van der Waals surface area contributed by atoms with Crippen molar-refractivity contribution in [2.75, 3.05) is 18.0 Å². The third-order valence-corrected chi connectivity index (χ3v) is 5.29. The van der Waals surface area contributed by atoms with E-state index in [4.69, 9.17) is 5.73 Å². The molecule has 4 heterocycles. The number of rotatable bonds is 4. The average Bonchev–Trinajstić information content (AvgIpc) is 3.14. The molecule has 30 heavy (non-hydrogen) atoms. The largest absolute Gasteiger partial charge is 0.341 e. The van der Waals surface area contributed by atoms with E-state index in [1.807, 2.05) is 0 Å². The molecule has 0 spiro atoms. The first-order valence-electron chi connectivity index (χ1n) is 9.87. The summed E-state index contributed by atoms with van der Waals surface area (Å²) in [4.78, 5) is 41.3. The van der Waals surface area contributed by atoms with Gasteiger partial charge in [-0.2, -0.15) is 4.98 Å². The summed E-state index contributed by atoms with van der Waals surface area (Å²) >= 11 is 0. The fraction of sp³-hybridized carbons (Fsp3) is 0.450. The Morgan fingerprint density at radius 2 is 2.00 bits per heavy atom. The van der Waals surface area contributed by atoms with E-state index in [9.17, 15) is 9.59 Å². The van der Waals surface area contributed by atoms with Crippen LogP contribution in [0.2, 0.25) is 0 Å². The van der Waals surface area contributed by atoms with Crippen LogP contribution in [0.3, 0.4) is 0 Å². The molecule has 156 valence electrons. The van der Waals surface area contributed by atoms with E-state index >= 15 is 0 Å². The van der Waals surface area contributed by atoms with E-state index in [0.29, 0.717) is 36.0 Å². The molecule has 3 aromatic rings. The van der Waals surface area contributed by atoms with Crippen molar-refractivity contribution in [1.82, 2.24) is 28.7 Å². The van der Waals surface area contributed by atoms with Gasteiger partial charge in [-0.1, -0.05) is 5.92 Å². The number of aryl methyl sites for hydroxylation is 1. The van der Waals surface area contributed by atoms with Crippen LogP contribution in [0.1, 0.15) is 25.6 Å². The van der Waals surface area contributed by atoms with Gasteiger partial charge < -0.3 is 10.6 Å². The predicted molar refractivity (Wildman–Crippen MR) is 113 cm³/mol. The number of hydrogen-bond donors (Lipinski definition) is 1. The Morgan fingerprint density at radius 3 is 2.70 bits per heavy atom. The number of anilines is 1. The second-order valence-corrected chi connectivity index (χ2v) is 7.34. The van der Waals surface area contributed by atoms with Crippen LogP contribution in [0.15, 0.2) is 28.0 Å². The van der Waals surface area contributed by atoms with Crippen molar-refractivity contribution >= 4 is 17.1 Å². The van der Waals surface area contributed by atoms with Crippen LogP contribution in [0.5, 0.6) is 0 Å². The fourth-order valence-corrected chi connectivity index (χ4v) is 3.79. The molecular formula is C20H24N8O2. The summed E-state index contributed by atoms with van der Waals surface area (Å²) in [5.74, 6) is 6.89. The van der Waals surface area contributed by atoms with Gasteiger partial charge in [0.25, 0.3) is 5.56 Å². The number of imidazole rings is 1. The van der Waals surface area contributed by atoms with Crippen molar-refractivity contribution in [3.63, 3.8) is 0 Å². The van der Waals surface area contributed by atoms with Crippen LogP contribution in [0.25, 0.3) is 11.2 Å². The molecule has 10 nitrogen and oxygen atoms in total. The van der Waals surface area contributed by atoms with Crippen LogP contribution in [0, 0.1) is 11.8 Å². The highest BCUT2D eigenvalue weighted by Crippen LogP contribution is 2.22. The summed E-state index contributed by atoms with van der Waals surface area (Å²) < 4.78 is 4.32. The molecule has 4 rings (SSSR count). The third kappa shape index (κ3) is 3.48. The Balaban J connectivity index is 1.93. The second kappa shape index (κ2) is 8.12. The molecule has 0 aliphatic carbocycles. The van der Waals surface area contributed by atoms with E-state index in [1.54, 1.807) is 37.0 Å². The Bertz CT molecular complexity index is 1250. The van der Waals surface area contributed by atoms with Crippen molar-refractivity contribution in [2.24, 2.45) is 12.8 Å². The van der Waals surface area contributed by atoms with E-state index < -0.39 is 11.2 Å². The molecular weight excluding hydrogens is 384 g/mol. The number of hydrogen-bond acceptors (Lipinski definition) is 7. The van der Waals surface area contributed by atoms with Crippen molar-refractivity contribution in [2.45, 2.75) is 38.9 Å². The molecule has 1 atom stereocenters. The summed E-state index contributed by atoms with van der Waals surface area (Å²) in [6, 6.07) is 1.72. The lowest BCUT2D eigenvalue weighted by Gasteiger charge is -2.31. The maximum atomic E-state index is 13.4. The molecule has 0 bridgehead atoms. The quantitative estimate of drug-likeness (QED) is 0.588. The van der Waals surface area contributed by atoms with Crippen molar-refractivity contribution in [3.8, 4) is 11.8 Å². The lowest BCUT2D eigenvalue weighted by molar-refractivity contribution is 0.496. The zero-order valence-electron chi connectivity index (χ0n) is 17.1. The van der Waals surface area contributed by atoms with E-state index in [1.165, 1.54) is 4.57 Å². The summed E-state index contributed by atoms with van der Waals surface area (Å²) in [6.07, 6.45) is 5.05. The third-order valence-electron chi connectivity index (χ3n) is 5.29. The van der Waals surface area contributed by atoms with Crippen molar-refractivity contribution < 1.29 is 0 Å². The second-order valence-electron chi connectivity index (χ2n) is 7.34. The lowest BCUT2D eigenvalue weighted by Crippen LogP contribution is -2.44. The molecule has 0 amide bonds. The highest BCUT2D eigenvalue weighted by atomic mass is 16.2. The minimum atomic E-state index is -0.465. The summed E-state index contributed by atoms with van der Waals surface area (Å²) in [5.41, 5.74) is 5.94. The maximum Gasteiger partial charge on any atom is 0.332 e. The van der Waals surface area contributed by atoms with Crippen LogP contribution in [-0.4, -0.2) is 47.8 Å². The Morgan fingerprint density at radius 1 is 1.23 bits per heavy atom. The maximum absolute atomic E-state index is 13.4. The molecule has 0 unspecified atom stereocenters. The summed E-state index contributed by atoms with van der Waals surface area (Å²) in [6.45, 7) is 3.45. The molecule has 0 saturated carbocycles. The van der Waals surface area contributed by atoms with Crippen LogP contribution < -0.4 is 21.9 Å². The smallest absolute Gasteiger partial charge is 0.332 e. The van der Waals surface area contributed by atoms with E-state index in [-0.39, 0.29) is 12.6 Å². The number of nitrogens with two attached hydrogens (primary N) is 1. The predicted octanol–water partition coefficient (Wildman–Crippen LogP) is -0.314. The molecule has 10 heteroatoms. The van der Waals surface area contributed by atoms with Gasteiger partial charge in [-0.3, -0.25) is 18.5 Å². The van der Waals surface area contributed by atoms with Gasteiger partial charge in [0, 0.05) is 38.6 Å². The number of piperidine rings is 1. The van der Waals surface area contributed by atoms with Crippen molar-refractivity contribution in [1.29, 1.82) is 0 Å². The zero-order valence-corrected chi connectivity index (χ0v) is 17.1. The van der Waals surface area contributed by atoms with Crippen LogP contribution in [-0.2, 0) is 20.1 Å². The highest BCUT2D eigenvalue weighted by Gasteiger charge is 2.26. The Labute approximate surface area is 173 Å². The van der Waals surface area contributed by atoms with Crippen LogP contribution >= 0.6 is 0 Å². The van der Waals surface area contributed by atoms with Gasteiger partial charge in [0.1, 0.15) is 5.82 Å². The van der Waals surface area contributed by atoms with Crippen LogP contribution in [0.4, 0.5) is 5.95 Å². The summed E-state index contributed by atoms with van der Waals surface area (Å²) in [5, 5.41) is 0. The molecule has 0 radical (unpaired) electrons. The topological polar surface area (TPSA) is 117 Å². The number of nitrogens with zero attached hydrogens (tertiary/aromatic N) is 7. The number of aromatic nitrogens is 6. The number of fused-ring (bicyclic) bond motifs is 1. The normalized spacial score (nSPS) is 16.5. The highest BCUT2D eigenvalue weighted by molar-refractivity contribution is 5.75. The lowest BCUT2D eigenvalue weighted by atomic mass is 10.1. The van der Waals surface area contributed by atoms with E-state index in [0.717, 1.165) is 24.0 Å². The van der Waals surface area contributed by atoms with Gasteiger partial charge in [0.05, 0.1) is 13.1 Å². The van der Waals surface area contributed by atoms with Crippen molar-refractivity contribution in [3.05, 3.63) is 45.1 Å². The fourth-order valence-electron chi connectivity index (χ4n) is 3.79. The Hall–Kier alpha value is -3.45. The molecule has 1 aliphatic heterocycles. The van der Waals surface area contributed by atoms with Gasteiger partial charge in [0.15, 0.2) is 11.2 Å². The standard InChI is InChI=1S/C20H24N8O2/c1-3-4-11-27-16-17(24-19(27)26-10-5-7-14(21)12-26)25(2)20(30)28(18(16)29)13-15-22-8-6-9-23-15/h6,8-9,14H,5,7,10-13,21H2,1-2H3/t14-/m1/s1.